The van der Waals surface area contributed by atoms with Gasteiger partial charge in [-0.3, -0.25) is 0 Å². The van der Waals surface area contributed by atoms with E-state index in [9.17, 15) is 17.3 Å². The third-order valence-electron chi connectivity index (χ3n) is 2.43. The van der Waals surface area contributed by atoms with Crippen molar-refractivity contribution in [2.45, 2.75) is 34.6 Å². The van der Waals surface area contributed by atoms with Crippen LogP contribution in [0.15, 0.2) is 30.3 Å². The fraction of sp³-hybridized carbons (Fsp3) is 0.500. The summed E-state index contributed by atoms with van der Waals surface area (Å²) < 4.78 is 54.9. The summed E-state index contributed by atoms with van der Waals surface area (Å²) in [6.45, 7) is 11.3. The van der Waals surface area contributed by atoms with E-state index in [1.165, 1.54) is 0 Å². The van der Waals surface area contributed by atoms with Crippen molar-refractivity contribution in [3.63, 3.8) is 0 Å². The minimum atomic E-state index is -6.00. The zero-order valence-electron chi connectivity index (χ0n) is 14.7. The van der Waals surface area contributed by atoms with Crippen LogP contribution >= 0.6 is 0 Å². The third-order valence-corrected chi connectivity index (χ3v) is 2.43. The topological polar surface area (TPSA) is 32.6 Å². The van der Waals surface area contributed by atoms with E-state index in [-0.39, 0.29) is 5.41 Å². The fourth-order valence-corrected chi connectivity index (χ4v) is 1.54. The lowest BCUT2D eigenvalue weighted by atomic mass is 9.97. The lowest BCUT2D eigenvalue weighted by Crippen LogP contribution is -2.28. The van der Waals surface area contributed by atoms with E-state index in [0.717, 1.165) is 5.56 Å². The van der Waals surface area contributed by atoms with Gasteiger partial charge in [0.15, 0.2) is 0 Å². The van der Waals surface area contributed by atoms with Crippen molar-refractivity contribution in [1.82, 2.24) is 4.67 Å². The molecule has 0 atom stereocenters. The molecule has 0 aliphatic rings. The highest BCUT2D eigenvalue weighted by Gasteiger charge is 2.32. The van der Waals surface area contributed by atoms with Crippen LogP contribution in [0, 0.1) is 5.41 Å². The molecule has 1 aromatic carbocycles. The second kappa shape index (κ2) is 10.0. The minimum Gasteiger partial charge on any atom is -0.435 e. The molecule has 0 amide bonds. The van der Waals surface area contributed by atoms with Gasteiger partial charge in [-0.05, 0) is 51.4 Å². The van der Waals surface area contributed by atoms with Gasteiger partial charge in [-0.2, -0.15) is 0 Å². The van der Waals surface area contributed by atoms with Gasteiger partial charge in [-0.1, -0.05) is 18.2 Å². The minimum absolute atomic E-state index is 0.146. The van der Waals surface area contributed by atoms with Gasteiger partial charge in [0.1, 0.15) is 11.0 Å². The molecule has 1 aromatic rings. The van der Waals surface area contributed by atoms with Crippen LogP contribution in [0.25, 0.3) is 0 Å². The summed E-state index contributed by atoms with van der Waals surface area (Å²) in [6.07, 6.45) is 0. The van der Waals surface area contributed by atoms with Crippen molar-refractivity contribution in [2.24, 2.45) is 5.41 Å². The predicted molar refractivity (Wildman–Crippen MR) is 90.6 cm³/mol. The number of nitrogens with zero attached hydrogens (tertiary/aromatic N) is 1. The standard InChI is InChI=1S/C16H24NO2.BF4/c1-6-18-14(13-11-9-8-10-12-13)17-15(19-7-2)16(3,4)5;2-1(3,4)5/h8-12H,6-7H2,1-5H3;/q+1;-1. The van der Waals surface area contributed by atoms with Gasteiger partial charge in [0, 0.05) is 0 Å². The van der Waals surface area contributed by atoms with Gasteiger partial charge >= 0.3 is 19.0 Å². The maximum absolute atomic E-state index is 9.75. The summed E-state index contributed by atoms with van der Waals surface area (Å²) in [6, 6.07) is 9.90. The van der Waals surface area contributed by atoms with Crippen LogP contribution in [0.4, 0.5) is 17.3 Å². The van der Waals surface area contributed by atoms with Gasteiger partial charge < -0.3 is 26.7 Å². The molecule has 0 saturated heterocycles. The van der Waals surface area contributed by atoms with E-state index in [1.807, 2.05) is 44.2 Å². The van der Waals surface area contributed by atoms with Crippen molar-refractivity contribution in [3.8, 4) is 0 Å². The molecular weight excluding hydrogens is 325 g/mol. The summed E-state index contributed by atoms with van der Waals surface area (Å²) in [5.41, 5.74) is 0.818. The third kappa shape index (κ3) is 10.7. The van der Waals surface area contributed by atoms with Crippen molar-refractivity contribution in [3.05, 3.63) is 35.9 Å². The van der Waals surface area contributed by atoms with Crippen molar-refractivity contribution in [2.75, 3.05) is 13.2 Å². The Kier molecular flexibility index (Phi) is 9.22. The molecule has 0 heterocycles. The number of hydrogen-bond donors (Lipinski definition) is 0. The summed E-state index contributed by atoms with van der Waals surface area (Å²) in [5, 5.41) is 0. The Morgan fingerprint density at radius 1 is 0.958 bits per heavy atom. The van der Waals surface area contributed by atoms with Crippen LogP contribution in [-0.2, 0) is 9.47 Å². The van der Waals surface area contributed by atoms with E-state index in [2.05, 4.69) is 25.4 Å². The largest absolute Gasteiger partial charge is 0.673 e. The normalized spacial score (nSPS) is 10.9. The number of ether oxygens (including phenoxy) is 2. The van der Waals surface area contributed by atoms with E-state index in [1.54, 1.807) is 0 Å². The predicted octanol–water partition coefficient (Wildman–Crippen LogP) is 4.32. The Labute approximate surface area is 140 Å². The highest BCUT2D eigenvalue weighted by Crippen LogP contribution is 2.15. The fourth-order valence-electron chi connectivity index (χ4n) is 1.54. The summed E-state index contributed by atoms with van der Waals surface area (Å²) in [7, 11) is -6.00. The number of halogens is 4. The van der Waals surface area contributed by atoms with Crippen LogP contribution in [-0.4, -0.2) is 32.3 Å². The molecule has 0 fully saturated rings. The first-order valence-electron chi connectivity index (χ1n) is 7.63. The number of benzene rings is 1. The Morgan fingerprint density at radius 3 is 1.79 bits per heavy atom. The average molecular weight is 349 g/mol. The molecular formula is C16H24BF4NO2. The van der Waals surface area contributed by atoms with Gasteiger partial charge in [-0.15, -0.1) is 0 Å². The van der Waals surface area contributed by atoms with Crippen LogP contribution < -0.4 is 4.67 Å². The second-order valence-electron chi connectivity index (χ2n) is 5.70. The Hall–Kier alpha value is -1.95. The Bertz CT molecular complexity index is 541. The number of rotatable bonds is 3. The van der Waals surface area contributed by atoms with Gasteiger partial charge in [-0.25, -0.2) is 0 Å². The molecule has 0 bridgehead atoms. The zero-order valence-corrected chi connectivity index (χ0v) is 14.7. The zero-order chi connectivity index (χ0) is 18.8. The molecule has 1 rings (SSSR count). The van der Waals surface area contributed by atoms with E-state index in [0.29, 0.717) is 25.0 Å². The molecule has 0 unspecified atom stereocenters. The molecule has 24 heavy (non-hydrogen) atoms. The molecule has 136 valence electrons. The monoisotopic (exact) mass is 349 g/mol. The molecule has 0 spiro atoms. The maximum Gasteiger partial charge on any atom is 0.673 e. The van der Waals surface area contributed by atoms with Crippen molar-refractivity contribution >= 4 is 19.0 Å². The molecule has 3 nitrogen and oxygen atoms in total. The maximum atomic E-state index is 9.75. The van der Waals surface area contributed by atoms with E-state index < -0.39 is 7.25 Å². The summed E-state index contributed by atoms with van der Waals surface area (Å²) in [5.74, 6) is 1.31. The smallest absolute Gasteiger partial charge is 0.435 e. The SMILES string of the molecule is CCOC(=[N+]=C(OCC)C(C)(C)C)c1ccccc1.F[B-](F)(F)F. The van der Waals surface area contributed by atoms with Crippen LogP contribution in [0.2, 0.25) is 0 Å². The highest BCUT2D eigenvalue weighted by molar-refractivity contribution is 6.50. The first-order chi connectivity index (χ1) is 11.0. The van der Waals surface area contributed by atoms with Gasteiger partial charge in [0.05, 0.1) is 13.2 Å². The lowest BCUT2D eigenvalue weighted by Gasteiger charge is -2.10. The van der Waals surface area contributed by atoms with Crippen LogP contribution in [0.5, 0.6) is 0 Å². The highest BCUT2D eigenvalue weighted by atomic mass is 19.5. The Morgan fingerprint density at radius 2 is 1.42 bits per heavy atom. The molecule has 0 N–H and O–H groups in total. The molecule has 0 saturated carbocycles. The Balaban J connectivity index is 0.000000922. The molecule has 8 heteroatoms. The summed E-state index contributed by atoms with van der Waals surface area (Å²) >= 11 is 0. The van der Waals surface area contributed by atoms with E-state index >= 15 is 0 Å². The number of hydrogen-bond acceptors (Lipinski definition) is 2. The molecule has 0 aromatic heterocycles. The van der Waals surface area contributed by atoms with Crippen LogP contribution in [0.1, 0.15) is 40.2 Å². The van der Waals surface area contributed by atoms with Crippen molar-refractivity contribution in [1.29, 1.82) is 0 Å². The van der Waals surface area contributed by atoms with Gasteiger partial charge in [0.25, 0.3) is 0 Å². The molecule has 0 radical (unpaired) electrons. The quantitative estimate of drug-likeness (QED) is 0.268. The summed E-state index contributed by atoms with van der Waals surface area (Å²) in [4.78, 5) is 0. The first kappa shape index (κ1) is 22.1. The first-order valence-corrected chi connectivity index (χ1v) is 7.63. The van der Waals surface area contributed by atoms with Crippen LogP contribution in [0.3, 0.4) is 0 Å². The van der Waals surface area contributed by atoms with Crippen molar-refractivity contribution < 1.29 is 26.7 Å². The second-order valence-corrected chi connectivity index (χ2v) is 5.70. The van der Waals surface area contributed by atoms with Gasteiger partial charge in [0.2, 0.25) is 0 Å². The average Bonchev–Trinajstić information content (AvgIpc) is 2.44. The van der Waals surface area contributed by atoms with E-state index in [4.69, 9.17) is 9.47 Å². The lowest BCUT2D eigenvalue weighted by molar-refractivity contribution is 0.276. The molecule has 0 aliphatic carbocycles. The molecule has 0 aliphatic heterocycles.